The van der Waals surface area contributed by atoms with Gasteiger partial charge in [-0.3, -0.25) is 4.98 Å². The van der Waals surface area contributed by atoms with Gasteiger partial charge < -0.3 is 10.3 Å². The first-order valence-corrected chi connectivity index (χ1v) is 9.60. The van der Waals surface area contributed by atoms with Crippen molar-refractivity contribution >= 4 is 38.9 Å². The minimum atomic E-state index is 0.287. The van der Waals surface area contributed by atoms with E-state index in [9.17, 15) is 0 Å². The van der Waals surface area contributed by atoms with Gasteiger partial charge in [0.05, 0.1) is 6.21 Å². The van der Waals surface area contributed by atoms with E-state index in [1.165, 1.54) is 5.56 Å². The molecule has 6 heteroatoms. The first kappa shape index (κ1) is 18.1. The summed E-state index contributed by atoms with van der Waals surface area (Å²) in [6.45, 7) is 0.779. The van der Waals surface area contributed by atoms with Crippen LogP contribution in [0.15, 0.2) is 93.8 Å². The van der Waals surface area contributed by atoms with Crippen LogP contribution < -0.4 is 5.73 Å². The number of hydrogen-bond donors (Lipinski definition) is 1. The Bertz CT molecular complexity index is 1140. The molecule has 0 aliphatic rings. The average Bonchev–Trinajstić information content (AvgIpc) is 3.08. The number of aromatic nitrogens is 2. The van der Waals surface area contributed by atoms with Gasteiger partial charge in [-0.25, -0.2) is 0 Å². The molecule has 2 heterocycles. The molecule has 5 nitrogen and oxygen atoms in total. The number of halogens is 1. The molecule has 4 aromatic rings. The highest BCUT2D eigenvalue weighted by Gasteiger charge is 2.07. The maximum absolute atomic E-state index is 5.96. The average molecular weight is 432 g/mol. The summed E-state index contributed by atoms with van der Waals surface area (Å²) in [6, 6.07) is 22.1. The van der Waals surface area contributed by atoms with Gasteiger partial charge in [-0.1, -0.05) is 52.3 Å². The van der Waals surface area contributed by atoms with Gasteiger partial charge in [0.25, 0.3) is 0 Å². The van der Waals surface area contributed by atoms with Crippen molar-refractivity contribution < 1.29 is 0 Å². The molecular weight excluding hydrogens is 414 g/mol. The van der Waals surface area contributed by atoms with Crippen molar-refractivity contribution in [3.63, 3.8) is 0 Å². The van der Waals surface area contributed by atoms with Crippen LogP contribution in [-0.2, 0) is 6.54 Å². The van der Waals surface area contributed by atoms with Gasteiger partial charge in [0.15, 0.2) is 5.84 Å². The predicted octanol–water partition coefficient (Wildman–Crippen LogP) is 4.59. The number of para-hydroxylation sites is 1. The Balaban J connectivity index is 1.63. The van der Waals surface area contributed by atoms with Gasteiger partial charge >= 0.3 is 0 Å². The van der Waals surface area contributed by atoms with Crippen molar-refractivity contribution in [3.8, 4) is 0 Å². The van der Waals surface area contributed by atoms with E-state index in [4.69, 9.17) is 5.73 Å². The highest BCUT2D eigenvalue weighted by atomic mass is 79.9. The minimum absolute atomic E-state index is 0.287. The monoisotopic (exact) mass is 431 g/mol. The second-order valence-electron chi connectivity index (χ2n) is 6.30. The van der Waals surface area contributed by atoms with E-state index in [0.29, 0.717) is 5.69 Å². The fourth-order valence-electron chi connectivity index (χ4n) is 3.01. The minimum Gasteiger partial charge on any atom is -0.380 e. The zero-order valence-corrected chi connectivity index (χ0v) is 16.6. The molecule has 28 heavy (non-hydrogen) atoms. The van der Waals surface area contributed by atoms with Crippen LogP contribution in [0.3, 0.4) is 0 Å². The molecule has 0 fully saturated rings. The summed E-state index contributed by atoms with van der Waals surface area (Å²) in [5.41, 5.74) is 9.93. The largest absolute Gasteiger partial charge is 0.380 e. The molecule has 0 unspecified atom stereocenters. The third kappa shape index (κ3) is 4.02. The molecule has 138 valence electrons. The number of pyridine rings is 1. The van der Waals surface area contributed by atoms with Crippen molar-refractivity contribution in [1.29, 1.82) is 0 Å². The molecule has 4 rings (SSSR count). The molecule has 2 aromatic carbocycles. The van der Waals surface area contributed by atoms with E-state index >= 15 is 0 Å². The highest BCUT2D eigenvalue weighted by molar-refractivity contribution is 9.10. The van der Waals surface area contributed by atoms with E-state index in [1.54, 1.807) is 18.5 Å². The molecule has 0 amide bonds. The lowest BCUT2D eigenvalue weighted by molar-refractivity contribution is 0.836. The number of hydrogen-bond acceptors (Lipinski definition) is 3. The maximum Gasteiger partial charge on any atom is 0.171 e. The summed E-state index contributed by atoms with van der Waals surface area (Å²) in [5.74, 6) is 0.287. The van der Waals surface area contributed by atoms with Gasteiger partial charge in [-0.15, -0.1) is 5.10 Å². The lowest BCUT2D eigenvalue weighted by Crippen LogP contribution is -2.14. The van der Waals surface area contributed by atoms with Crippen molar-refractivity contribution in [2.45, 2.75) is 6.54 Å². The first-order chi connectivity index (χ1) is 13.7. The number of rotatable bonds is 5. The maximum atomic E-state index is 5.96. The van der Waals surface area contributed by atoms with Gasteiger partial charge in [0, 0.05) is 39.9 Å². The van der Waals surface area contributed by atoms with Gasteiger partial charge in [-0.05, 0) is 35.9 Å². The molecule has 0 spiro atoms. The molecule has 0 aliphatic heterocycles. The van der Waals surface area contributed by atoms with Crippen LogP contribution in [-0.4, -0.2) is 21.6 Å². The smallest absolute Gasteiger partial charge is 0.171 e. The van der Waals surface area contributed by atoms with Crippen LogP contribution in [0.5, 0.6) is 0 Å². The van der Waals surface area contributed by atoms with Crippen molar-refractivity contribution in [2.75, 3.05) is 0 Å². The lowest BCUT2D eigenvalue weighted by atomic mass is 10.2. The van der Waals surface area contributed by atoms with Crippen LogP contribution >= 0.6 is 15.9 Å². The van der Waals surface area contributed by atoms with Crippen molar-refractivity contribution in [2.24, 2.45) is 15.9 Å². The number of nitrogens with zero attached hydrogens (tertiary/aromatic N) is 4. The summed E-state index contributed by atoms with van der Waals surface area (Å²) in [5, 5.41) is 9.39. The van der Waals surface area contributed by atoms with Crippen molar-refractivity contribution in [1.82, 2.24) is 9.55 Å². The molecule has 0 atom stereocenters. The van der Waals surface area contributed by atoms with Crippen molar-refractivity contribution in [3.05, 3.63) is 100 Å². The third-order valence-corrected chi connectivity index (χ3v) is 4.90. The molecule has 0 aliphatic carbocycles. The van der Waals surface area contributed by atoms with Gasteiger partial charge in [-0.2, -0.15) is 5.10 Å². The Morgan fingerprint density at radius 3 is 2.61 bits per heavy atom. The van der Waals surface area contributed by atoms with Crippen LogP contribution in [0.4, 0.5) is 0 Å². The predicted molar refractivity (Wildman–Crippen MR) is 118 cm³/mol. The summed E-state index contributed by atoms with van der Waals surface area (Å²) >= 11 is 3.48. The molecule has 0 saturated carbocycles. The zero-order valence-electron chi connectivity index (χ0n) is 15.0. The van der Waals surface area contributed by atoms with E-state index in [-0.39, 0.29) is 5.84 Å². The summed E-state index contributed by atoms with van der Waals surface area (Å²) in [4.78, 5) is 4.17. The standard InChI is InChI=1S/C22H18BrN5/c23-18-10-8-16(9-11-18)14-28-15-17(19-5-1-2-7-21(19)28)13-26-27-22(24)20-6-3-4-12-25-20/h1-13,15H,14H2,(H2,24,27)/b26-13+. The molecule has 0 saturated heterocycles. The normalized spacial score (nSPS) is 12.1. The fraction of sp³-hybridized carbons (Fsp3) is 0.0455. The molecular formula is C22H18BrN5. The van der Waals surface area contributed by atoms with Crippen LogP contribution in [0.2, 0.25) is 0 Å². The molecule has 0 radical (unpaired) electrons. The van der Waals surface area contributed by atoms with E-state index < -0.39 is 0 Å². The first-order valence-electron chi connectivity index (χ1n) is 8.81. The Kier molecular flexibility index (Phi) is 5.30. The fourth-order valence-corrected chi connectivity index (χ4v) is 3.28. The Hall–Kier alpha value is -3.25. The quantitative estimate of drug-likeness (QED) is 0.285. The summed E-state index contributed by atoms with van der Waals surface area (Å²) < 4.78 is 3.29. The Labute approximate surface area is 171 Å². The Morgan fingerprint density at radius 1 is 1.04 bits per heavy atom. The van der Waals surface area contributed by atoms with Crippen LogP contribution in [0.25, 0.3) is 10.9 Å². The lowest BCUT2D eigenvalue weighted by Gasteiger charge is -2.05. The second kappa shape index (κ2) is 8.19. The number of fused-ring (bicyclic) bond motifs is 1. The number of benzene rings is 2. The van der Waals surface area contributed by atoms with Crippen LogP contribution in [0.1, 0.15) is 16.8 Å². The molecule has 2 aromatic heterocycles. The second-order valence-corrected chi connectivity index (χ2v) is 7.22. The number of nitrogens with two attached hydrogens (primary N) is 1. The molecule has 0 bridgehead atoms. The van der Waals surface area contributed by atoms with E-state index in [1.807, 2.05) is 24.3 Å². The Morgan fingerprint density at radius 2 is 1.82 bits per heavy atom. The van der Waals surface area contributed by atoms with Crippen LogP contribution in [0, 0.1) is 0 Å². The summed E-state index contributed by atoms with van der Waals surface area (Å²) in [7, 11) is 0. The highest BCUT2D eigenvalue weighted by Crippen LogP contribution is 2.22. The van der Waals surface area contributed by atoms with E-state index in [2.05, 4.69) is 78.3 Å². The molecule has 2 N–H and O–H groups in total. The number of amidine groups is 1. The van der Waals surface area contributed by atoms with Gasteiger partial charge in [0.2, 0.25) is 0 Å². The third-order valence-electron chi connectivity index (χ3n) is 4.38. The zero-order chi connectivity index (χ0) is 19.3. The van der Waals surface area contributed by atoms with E-state index in [0.717, 1.165) is 27.5 Å². The van der Waals surface area contributed by atoms with Gasteiger partial charge in [0.1, 0.15) is 5.69 Å². The topological polar surface area (TPSA) is 68.6 Å². The summed E-state index contributed by atoms with van der Waals surface area (Å²) in [6.07, 6.45) is 5.50. The SMILES string of the molecule is N/C(=N\N=C\c1cn(Cc2ccc(Br)cc2)c2ccccc12)c1ccccn1.